The average molecular weight is 266 g/mol. The Kier molecular flexibility index (Phi) is 2.84. The summed E-state index contributed by atoms with van der Waals surface area (Å²) in [4.78, 5) is 22.9. The second-order valence-corrected chi connectivity index (χ2v) is 4.37. The number of carbonyl (C=O) groups is 1. The largest absolute Gasteiger partial charge is 0.478 e. The molecule has 4 nitrogen and oxygen atoms in total. The zero-order valence-corrected chi connectivity index (χ0v) is 10.4. The van der Waals surface area contributed by atoms with Crippen molar-refractivity contribution in [2.24, 2.45) is 0 Å². The van der Waals surface area contributed by atoms with Gasteiger partial charge in [-0.3, -0.25) is 0 Å². The van der Waals surface area contributed by atoms with E-state index < -0.39 is 11.6 Å². The summed E-state index contributed by atoms with van der Waals surface area (Å²) in [6.07, 6.45) is 0. The molecule has 0 saturated heterocycles. The van der Waals surface area contributed by atoms with Gasteiger partial charge in [-0.15, -0.1) is 0 Å². The fourth-order valence-electron chi connectivity index (χ4n) is 2.07. The number of benzene rings is 2. The van der Waals surface area contributed by atoms with Gasteiger partial charge in [-0.2, -0.15) is 0 Å². The third-order valence-electron chi connectivity index (χ3n) is 3.07. The van der Waals surface area contributed by atoms with Gasteiger partial charge >= 0.3 is 11.6 Å². The number of aromatic carboxylic acids is 1. The molecular weight excluding hydrogens is 256 g/mol. The summed E-state index contributed by atoms with van der Waals surface area (Å²) in [5.41, 5.74) is 0.438. The van der Waals surface area contributed by atoms with E-state index in [1.807, 2.05) is 30.3 Å². The molecule has 0 aliphatic rings. The molecule has 1 heterocycles. The normalized spacial score (nSPS) is 10.6. The predicted octanol–water partition coefficient (Wildman–Crippen LogP) is 3.16. The van der Waals surface area contributed by atoms with Gasteiger partial charge in [0.15, 0.2) is 0 Å². The molecule has 0 amide bonds. The first-order chi connectivity index (χ1) is 9.65. The minimum absolute atomic E-state index is 0.141. The van der Waals surface area contributed by atoms with Gasteiger partial charge in [0.2, 0.25) is 0 Å². The van der Waals surface area contributed by atoms with Crippen LogP contribution in [0.5, 0.6) is 0 Å². The van der Waals surface area contributed by atoms with E-state index in [0.29, 0.717) is 16.5 Å². The minimum Gasteiger partial charge on any atom is -0.478 e. The van der Waals surface area contributed by atoms with Crippen molar-refractivity contribution in [3.8, 4) is 11.3 Å². The van der Waals surface area contributed by atoms with Crippen molar-refractivity contribution in [3.05, 3.63) is 70.6 Å². The standard InChI is InChI=1S/C16H10O4/c17-15(18)11-6-7-13-12(8-11)9-14(20-16(13)19)10-4-2-1-3-5-10/h1-9H,(H,17,18). The molecule has 3 rings (SSSR count). The Labute approximate surface area is 113 Å². The molecule has 0 aliphatic carbocycles. The SMILES string of the molecule is O=C(O)c1ccc2c(=O)oc(-c3ccccc3)cc2c1. The quantitative estimate of drug-likeness (QED) is 0.773. The van der Waals surface area contributed by atoms with Crippen molar-refractivity contribution in [3.63, 3.8) is 0 Å². The first-order valence-corrected chi connectivity index (χ1v) is 6.02. The van der Waals surface area contributed by atoms with Crippen LogP contribution < -0.4 is 5.63 Å². The fourth-order valence-corrected chi connectivity index (χ4v) is 2.07. The molecule has 4 heteroatoms. The third-order valence-corrected chi connectivity index (χ3v) is 3.07. The molecule has 0 bridgehead atoms. The Hall–Kier alpha value is -2.88. The maximum absolute atomic E-state index is 11.9. The molecule has 0 radical (unpaired) electrons. The molecular formula is C16H10O4. The molecule has 0 fully saturated rings. The van der Waals surface area contributed by atoms with Crippen LogP contribution >= 0.6 is 0 Å². The maximum Gasteiger partial charge on any atom is 0.344 e. The van der Waals surface area contributed by atoms with Gasteiger partial charge in [-0.1, -0.05) is 30.3 Å². The van der Waals surface area contributed by atoms with E-state index in [0.717, 1.165) is 5.56 Å². The summed E-state index contributed by atoms with van der Waals surface area (Å²) in [6.45, 7) is 0. The van der Waals surface area contributed by atoms with Gasteiger partial charge in [-0.25, -0.2) is 9.59 Å². The van der Waals surface area contributed by atoms with Crippen molar-refractivity contribution in [1.29, 1.82) is 0 Å². The lowest BCUT2D eigenvalue weighted by Gasteiger charge is -2.03. The number of carboxylic acid groups (broad SMARTS) is 1. The molecule has 1 aromatic heterocycles. The fraction of sp³-hybridized carbons (Fsp3) is 0. The zero-order chi connectivity index (χ0) is 14.1. The topological polar surface area (TPSA) is 67.5 Å². The highest BCUT2D eigenvalue weighted by Gasteiger charge is 2.09. The monoisotopic (exact) mass is 266 g/mol. The highest BCUT2D eigenvalue weighted by Crippen LogP contribution is 2.22. The van der Waals surface area contributed by atoms with Gasteiger partial charge < -0.3 is 9.52 Å². The van der Waals surface area contributed by atoms with E-state index >= 15 is 0 Å². The van der Waals surface area contributed by atoms with Crippen LogP contribution in [0.15, 0.2) is 63.8 Å². The molecule has 3 aromatic rings. The molecule has 0 saturated carbocycles. The van der Waals surface area contributed by atoms with Crippen LogP contribution in [0.2, 0.25) is 0 Å². The Morgan fingerprint density at radius 2 is 1.75 bits per heavy atom. The lowest BCUT2D eigenvalue weighted by atomic mass is 10.1. The van der Waals surface area contributed by atoms with Gasteiger partial charge in [-0.05, 0) is 29.7 Å². The number of carboxylic acids is 1. The Morgan fingerprint density at radius 3 is 2.45 bits per heavy atom. The van der Waals surface area contributed by atoms with E-state index in [9.17, 15) is 9.59 Å². The van der Waals surface area contributed by atoms with Crippen molar-refractivity contribution in [2.45, 2.75) is 0 Å². The van der Waals surface area contributed by atoms with Crippen LogP contribution in [0.3, 0.4) is 0 Å². The number of rotatable bonds is 2. The van der Waals surface area contributed by atoms with Crippen molar-refractivity contribution < 1.29 is 14.3 Å². The smallest absolute Gasteiger partial charge is 0.344 e. The van der Waals surface area contributed by atoms with Crippen molar-refractivity contribution in [2.75, 3.05) is 0 Å². The summed E-state index contributed by atoms with van der Waals surface area (Å²) in [6, 6.07) is 15.2. The third kappa shape index (κ3) is 2.07. The molecule has 2 aromatic carbocycles. The van der Waals surface area contributed by atoms with E-state index in [2.05, 4.69) is 0 Å². The molecule has 0 unspecified atom stereocenters. The average Bonchev–Trinajstić information content (AvgIpc) is 2.47. The van der Waals surface area contributed by atoms with E-state index in [1.54, 1.807) is 6.07 Å². The van der Waals surface area contributed by atoms with Gasteiger partial charge in [0.25, 0.3) is 0 Å². The zero-order valence-electron chi connectivity index (χ0n) is 10.4. The summed E-state index contributed by atoms with van der Waals surface area (Å²) < 4.78 is 5.27. The first kappa shape index (κ1) is 12.2. The molecule has 98 valence electrons. The highest BCUT2D eigenvalue weighted by molar-refractivity contribution is 5.94. The first-order valence-electron chi connectivity index (χ1n) is 6.02. The molecule has 0 spiro atoms. The molecule has 0 atom stereocenters. The van der Waals surface area contributed by atoms with Crippen LogP contribution in [0.1, 0.15) is 10.4 Å². The Bertz CT molecular complexity index is 847. The number of hydrogen-bond acceptors (Lipinski definition) is 3. The summed E-state index contributed by atoms with van der Waals surface area (Å²) in [7, 11) is 0. The van der Waals surface area contributed by atoms with Crippen LogP contribution in [0.25, 0.3) is 22.1 Å². The summed E-state index contributed by atoms with van der Waals surface area (Å²) in [5, 5.41) is 9.92. The van der Waals surface area contributed by atoms with Crippen LogP contribution in [-0.4, -0.2) is 11.1 Å². The second-order valence-electron chi connectivity index (χ2n) is 4.37. The van der Waals surface area contributed by atoms with Crippen molar-refractivity contribution >= 4 is 16.7 Å². The lowest BCUT2D eigenvalue weighted by molar-refractivity contribution is 0.0697. The molecule has 0 aliphatic heterocycles. The summed E-state index contributed by atoms with van der Waals surface area (Å²) >= 11 is 0. The van der Waals surface area contributed by atoms with Crippen LogP contribution in [0, 0.1) is 0 Å². The van der Waals surface area contributed by atoms with Gasteiger partial charge in [0.05, 0.1) is 10.9 Å². The van der Waals surface area contributed by atoms with E-state index in [4.69, 9.17) is 9.52 Å². The highest BCUT2D eigenvalue weighted by atomic mass is 16.4. The Morgan fingerprint density at radius 1 is 1.00 bits per heavy atom. The minimum atomic E-state index is -1.03. The van der Waals surface area contributed by atoms with Crippen LogP contribution in [-0.2, 0) is 0 Å². The summed E-state index contributed by atoms with van der Waals surface area (Å²) in [5.74, 6) is -0.605. The van der Waals surface area contributed by atoms with Crippen molar-refractivity contribution in [1.82, 2.24) is 0 Å². The second kappa shape index (κ2) is 4.66. The Balaban J connectivity index is 2.27. The number of fused-ring (bicyclic) bond motifs is 1. The van der Waals surface area contributed by atoms with E-state index in [1.165, 1.54) is 18.2 Å². The lowest BCUT2D eigenvalue weighted by Crippen LogP contribution is -2.02. The molecule has 20 heavy (non-hydrogen) atoms. The maximum atomic E-state index is 11.9. The number of hydrogen-bond donors (Lipinski definition) is 1. The molecule has 1 N–H and O–H groups in total. The van der Waals surface area contributed by atoms with Gasteiger partial charge in [0.1, 0.15) is 5.76 Å². The predicted molar refractivity (Wildman–Crippen MR) is 74.9 cm³/mol. The van der Waals surface area contributed by atoms with Crippen LogP contribution in [0.4, 0.5) is 0 Å². The van der Waals surface area contributed by atoms with E-state index in [-0.39, 0.29) is 5.56 Å². The van der Waals surface area contributed by atoms with Gasteiger partial charge in [0, 0.05) is 5.56 Å².